The third-order valence-electron chi connectivity index (χ3n) is 3.96. The van der Waals surface area contributed by atoms with Crippen LogP contribution in [0.3, 0.4) is 0 Å². The summed E-state index contributed by atoms with van der Waals surface area (Å²) in [5.41, 5.74) is 0.189. The minimum Gasteiger partial charge on any atom is -0.489 e. The van der Waals surface area contributed by atoms with Crippen LogP contribution in [0.2, 0.25) is 10.0 Å². The average molecular weight is 411 g/mol. The van der Waals surface area contributed by atoms with E-state index in [1.165, 1.54) is 30.5 Å². The molecular weight excluding hydrogens is 394 g/mol. The first-order valence-electron chi connectivity index (χ1n) is 8.29. The van der Waals surface area contributed by atoms with Gasteiger partial charge in [-0.05, 0) is 18.2 Å². The van der Waals surface area contributed by atoms with Crippen LogP contribution >= 0.6 is 23.2 Å². The maximum atomic E-state index is 13.8. The van der Waals surface area contributed by atoms with Gasteiger partial charge in [-0.1, -0.05) is 29.3 Å². The predicted molar refractivity (Wildman–Crippen MR) is 102 cm³/mol. The topological polar surface area (TPSA) is 51.7 Å². The predicted octanol–water partition coefficient (Wildman–Crippen LogP) is 3.85. The van der Waals surface area contributed by atoms with Crippen LogP contribution < -0.4 is 4.74 Å². The fourth-order valence-corrected chi connectivity index (χ4v) is 3.00. The number of morpholine rings is 1. The van der Waals surface area contributed by atoms with Crippen LogP contribution in [0, 0.1) is 5.82 Å². The number of halogens is 3. The maximum absolute atomic E-state index is 13.8. The third kappa shape index (κ3) is 5.42. The van der Waals surface area contributed by atoms with Crippen LogP contribution in [0.25, 0.3) is 6.08 Å². The van der Waals surface area contributed by atoms with Crippen molar-refractivity contribution in [2.75, 3.05) is 26.3 Å². The first kappa shape index (κ1) is 19.6. The molecule has 1 unspecified atom stereocenters. The van der Waals surface area contributed by atoms with E-state index in [1.54, 1.807) is 23.2 Å². The quantitative estimate of drug-likeness (QED) is 0.702. The molecule has 8 heteroatoms. The van der Waals surface area contributed by atoms with Gasteiger partial charge in [0.15, 0.2) is 0 Å². The van der Waals surface area contributed by atoms with Crippen LogP contribution in [0.1, 0.15) is 5.56 Å². The zero-order chi connectivity index (χ0) is 19.2. The highest BCUT2D eigenvalue weighted by atomic mass is 35.5. The van der Waals surface area contributed by atoms with E-state index in [-0.39, 0.29) is 29.2 Å². The third-order valence-corrected chi connectivity index (χ3v) is 4.49. The number of aromatic nitrogens is 1. The largest absolute Gasteiger partial charge is 0.489 e. The van der Waals surface area contributed by atoms with Crippen LogP contribution in [0.4, 0.5) is 4.39 Å². The molecule has 2 aromatic rings. The molecule has 5 nitrogen and oxygen atoms in total. The van der Waals surface area contributed by atoms with E-state index in [0.29, 0.717) is 30.5 Å². The van der Waals surface area contributed by atoms with Crippen LogP contribution in [-0.2, 0) is 9.53 Å². The number of benzene rings is 1. The van der Waals surface area contributed by atoms with Crippen molar-refractivity contribution in [3.8, 4) is 5.75 Å². The SMILES string of the molecule is O=C(C=Cc1c(F)cccc1Cl)N1CCOC(COc2cncc(Cl)c2)C1. The van der Waals surface area contributed by atoms with Gasteiger partial charge >= 0.3 is 0 Å². The molecule has 2 heterocycles. The summed E-state index contributed by atoms with van der Waals surface area (Å²) in [6.07, 6.45) is 5.48. The molecule has 1 aromatic carbocycles. The Morgan fingerprint density at radius 1 is 1.41 bits per heavy atom. The van der Waals surface area contributed by atoms with Crippen molar-refractivity contribution in [2.45, 2.75) is 6.10 Å². The Labute approximate surface area is 166 Å². The smallest absolute Gasteiger partial charge is 0.246 e. The standard InChI is InChI=1S/C19H17Cl2FN2O3/c20-13-8-14(10-23-9-13)27-12-15-11-24(6-7-26-15)19(25)5-4-16-17(21)2-1-3-18(16)22/h1-5,8-10,15H,6-7,11-12H2. The highest BCUT2D eigenvalue weighted by Crippen LogP contribution is 2.21. The molecule has 1 aromatic heterocycles. The first-order valence-corrected chi connectivity index (χ1v) is 9.04. The molecular formula is C19H17Cl2FN2O3. The Bertz CT molecular complexity index is 827. The van der Waals surface area contributed by atoms with Gasteiger partial charge in [-0.25, -0.2) is 4.39 Å². The molecule has 0 bridgehead atoms. The number of ether oxygens (including phenoxy) is 2. The van der Waals surface area contributed by atoms with Crippen molar-refractivity contribution in [1.29, 1.82) is 0 Å². The Morgan fingerprint density at radius 2 is 2.26 bits per heavy atom. The van der Waals surface area contributed by atoms with E-state index in [1.807, 2.05) is 0 Å². The van der Waals surface area contributed by atoms with Gasteiger partial charge in [-0.2, -0.15) is 0 Å². The summed E-state index contributed by atoms with van der Waals surface area (Å²) < 4.78 is 25.0. The van der Waals surface area contributed by atoms with Gasteiger partial charge in [-0.15, -0.1) is 0 Å². The van der Waals surface area contributed by atoms with Gasteiger partial charge in [0.2, 0.25) is 5.91 Å². The van der Waals surface area contributed by atoms with E-state index in [0.717, 1.165) is 0 Å². The van der Waals surface area contributed by atoms with E-state index in [4.69, 9.17) is 32.7 Å². The molecule has 0 saturated carbocycles. The van der Waals surface area contributed by atoms with Crippen molar-refractivity contribution >= 4 is 35.2 Å². The summed E-state index contributed by atoms with van der Waals surface area (Å²) in [5.74, 6) is -0.189. The van der Waals surface area contributed by atoms with E-state index < -0.39 is 5.82 Å². The highest BCUT2D eigenvalue weighted by molar-refractivity contribution is 6.32. The molecule has 1 aliphatic rings. The number of hydrogen-bond donors (Lipinski definition) is 0. The number of nitrogens with zero attached hydrogens (tertiary/aromatic N) is 2. The maximum Gasteiger partial charge on any atom is 0.246 e. The normalized spacial score (nSPS) is 17.3. The molecule has 1 amide bonds. The molecule has 0 N–H and O–H groups in total. The molecule has 27 heavy (non-hydrogen) atoms. The molecule has 3 rings (SSSR count). The van der Waals surface area contributed by atoms with Gasteiger partial charge in [0.1, 0.15) is 24.3 Å². The summed E-state index contributed by atoms with van der Waals surface area (Å²) in [5, 5.41) is 0.730. The minimum absolute atomic E-state index is 0.189. The van der Waals surface area contributed by atoms with Gasteiger partial charge in [0.05, 0.1) is 29.4 Å². The van der Waals surface area contributed by atoms with Crippen LogP contribution in [-0.4, -0.2) is 48.2 Å². The molecule has 0 spiro atoms. The molecule has 1 fully saturated rings. The summed E-state index contributed by atoms with van der Waals surface area (Å²) >= 11 is 11.8. The van der Waals surface area contributed by atoms with Crippen molar-refractivity contribution < 1.29 is 18.7 Å². The Balaban J connectivity index is 1.57. The Hall–Kier alpha value is -2.15. The van der Waals surface area contributed by atoms with E-state index >= 15 is 0 Å². The number of hydrogen-bond acceptors (Lipinski definition) is 4. The van der Waals surface area contributed by atoms with Gasteiger partial charge in [0, 0.05) is 30.4 Å². The molecule has 0 radical (unpaired) electrons. The van der Waals surface area contributed by atoms with Crippen molar-refractivity contribution in [3.05, 3.63) is 64.2 Å². The second-order valence-electron chi connectivity index (χ2n) is 5.90. The molecule has 1 aliphatic heterocycles. The average Bonchev–Trinajstić information content (AvgIpc) is 2.66. The number of pyridine rings is 1. The molecule has 142 valence electrons. The number of rotatable bonds is 5. The Kier molecular flexibility index (Phi) is 6.66. The lowest BCUT2D eigenvalue weighted by molar-refractivity contribution is -0.134. The highest BCUT2D eigenvalue weighted by Gasteiger charge is 2.23. The summed E-state index contributed by atoms with van der Waals surface area (Å²) in [6.45, 7) is 1.46. The summed E-state index contributed by atoms with van der Waals surface area (Å²) in [4.78, 5) is 18.0. The summed E-state index contributed by atoms with van der Waals surface area (Å²) in [6, 6.07) is 6.03. The van der Waals surface area contributed by atoms with Gasteiger partial charge < -0.3 is 14.4 Å². The number of amides is 1. The first-order chi connectivity index (χ1) is 13.0. The Morgan fingerprint density at radius 3 is 3.04 bits per heavy atom. The molecule has 1 saturated heterocycles. The van der Waals surface area contributed by atoms with E-state index in [2.05, 4.69) is 4.98 Å². The van der Waals surface area contributed by atoms with Crippen LogP contribution in [0.5, 0.6) is 5.75 Å². The lowest BCUT2D eigenvalue weighted by atomic mass is 10.2. The lowest BCUT2D eigenvalue weighted by Crippen LogP contribution is -2.47. The van der Waals surface area contributed by atoms with Gasteiger partial charge in [0.25, 0.3) is 0 Å². The second-order valence-corrected chi connectivity index (χ2v) is 6.74. The van der Waals surface area contributed by atoms with Crippen molar-refractivity contribution in [3.63, 3.8) is 0 Å². The fraction of sp³-hybridized carbons (Fsp3) is 0.263. The fourth-order valence-electron chi connectivity index (χ4n) is 2.61. The summed E-state index contributed by atoms with van der Waals surface area (Å²) in [7, 11) is 0. The zero-order valence-electron chi connectivity index (χ0n) is 14.3. The van der Waals surface area contributed by atoms with Crippen LogP contribution in [0.15, 0.2) is 42.7 Å². The minimum atomic E-state index is -0.477. The number of carbonyl (C=O) groups is 1. The van der Waals surface area contributed by atoms with Crippen molar-refractivity contribution in [1.82, 2.24) is 9.88 Å². The van der Waals surface area contributed by atoms with E-state index in [9.17, 15) is 9.18 Å². The molecule has 1 atom stereocenters. The number of carbonyl (C=O) groups excluding carboxylic acids is 1. The zero-order valence-corrected chi connectivity index (χ0v) is 15.8. The monoisotopic (exact) mass is 410 g/mol. The second kappa shape index (κ2) is 9.17. The molecule has 0 aliphatic carbocycles. The lowest BCUT2D eigenvalue weighted by Gasteiger charge is -2.32. The van der Waals surface area contributed by atoms with Gasteiger partial charge in [-0.3, -0.25) is 9.78 Å². The van der Waals surface area contributed by atoms with Crippen molar-refractivity contribution in [2.24, 2.45) is 0 Å².